The third-order valence-electron chi connectivity index (χ3n) is 2.76. The fourth-order valence-electron chi connectivity index (χ4n) is 1.81. The van der Waals surface area contributed by atoms with Gasteiger partial charge < -0.3 is 4.74 Å². The number of ether oxygens (including phenoxy) is 1. The first-order valence-electron chi connectivity index (χ1n) is 5.63. The van der Waals surface area contributed by atoms with Crippen LogP contribution in [0, 0.1) is 11.7 Å². The van der Waals surface area contributed by atoms with Crippen LogP contribution in [0.5, 0.6) is 0 Å². The number of Topliss-reactive ketones (excluding diaryl/α,β-unsaturated/α-hetero) is 1. The molecule has 1 unspecified atom stereocenters. The van der Waals surface area contributed by atoms with Crippen LogP contribution in [0.1, 0.15) is 30.1 Å². The zero-order valence-corrected chi connectivity index (χ0v) is 9.28. The fraction of sp³-hybridized carbons (Fsp3) is 0.462. The molecule has 0 aliphatic heterocycles. The summed E-state index contributed by atoms with van der Waals surface area (Å²) in [6.07, 6.45) is 1.68. The normalized spacial score (nSPS) is 17.1. The number of ketones is 1. The Balaban J connectivity index is 2.15. The molecule has 0 radical (unpaired) electrons. The van der Waals surface area contributed by atoms with Crippen LogP contribution in [0.25, 0.3) is 0 Å². The Bertz CT molecular complexity index is 385. The molecule has 86 valence electrons. The zero-order valence-electron chi connectivity index (χ0n) is 9.28. The number of carbonyl (C=O) groups excluding carboxylic acids is 1. The summed E-state index contributed by atoms with van der Waals surface area (Å²) in [5, 5.41) is 0. The number of hydrogen-bond acceptors (Lipinski definition) is 2. The smallest absolute Gasteiger partial charge is 0.191 e. The van der Waals surface area contributed by atoms with Crippen LogP contribution >= 0.6 is 0 Å². The molecule has 0 bridgehead atoms. The summed E-state index contributed by atoms with van der Waals surface area (Å²) >= 11 is 0. The molecule has 0 saturated heterocycles. The summed E-state index contributed by atoms with van der Waals surface area (Å²) in [5.41, 5.74) is 0.408. The second kappa shape index (κ2) is 4.74. The molecule has 1 aliphatic rings. The molecule has 1 atom stereocenters. The van der Waals surface area contributed by atoms with E-state index in [0.29, 0.717) is 18.1 Å². The number of hydrogen-bond donors (Lipinski definition) is 0. The molecule has 2 rings (SSSR count). The molecular formula is C13H15FO2. The predicted octanol–water partition coefficient (Wildman–Crippen LogP) is 2.82. The van der Waals surface area contributed by atoms with E-state index >= 15 is 0 Å². The molecule has 1 aliphatic carbocycles. The lowest BCUT2D eigenvalue weighted by Crippen LogP contribution is -2.26. The highest BCUT2D eigenvalue weighted by Crippen LogP contribution is 2.35. The van der Waals surface area contributed by atoms with Crippen LogP contribution in [0.3, 0.4) is 0 Å². The Morgan fingerprint density at radius 1 is 1.56 bits per heavy atom. The van der Waals surface area contributed by atoms with E-state index < -0.39 is 0 Å². The van der Waals surface area contributed by atoms with Gasteiger partial charge >= 0.3 is 0 Å². The number of carbonyl (C=O) groups is 1. The molecule has 16 heavy (non-hydrogen) atoms. The average Bonchev–Trinajstić information content (AvgIpc) is 3.09. The quantitative estimate of drug-likeness (QED) is 0.716. The third-order valence-corrected chi connectivity index (χ3v) is 2.76. The first kappa shape index (κ1) is 11.3. The molecule has 1 saturated carbocycles. The van der Waals surface area contributed by atoms with Gasteiger partial charge in [-0.1, -0.05) is 12.1 Å². The molecule has 0 aromatic heterocycles. The van der Waals surface area contributed by atoms with E-state index in [9.17, 15) is 9.18 Å². The topological polar surface area (TPSA) is 26.3 Å². The van der Waals surface area contributed by atoms with Gasteiger partial charge in [-0.15, -0.1) is 0 Å². The van der Waals surface area contributed by atoms with E-state index in [1.165, 1.54) is 12.1 Å². The van der Waals surface area contributed by atoms with Crippen molar-refractivity contribution >= 4 is 5.78 Å². The van der Waals surface area contributed by atoms with Gasteiger partial charge in [0.15, 0.2) is 5.78 Å². The Morgan fingerprint density at radius 3 is 2.88 bits per heavy atom. The van der Waals surface area contributed by atoms with E-state index in [2.05, 4.69) is 0 Å². The maximum atomic E-state index is 13.0. The molecule has 0 amide bonds. The van der Waals surface area contributed by atoms with E-state index in [4.69, 9.17) is 4.74 Å². The van der Waals surface area contributed by atoms with Crippen molar-refractivity contribution in [3.8, 4) is 0 Å². The van der Waals surface area contributed by atoms with E-state index in [-0.39, 0.29) is 17.7 Å². The lowest BCUT2D eigenvalue weighted by atomic mass is 10.0. The summed E-state index contributed by atoms with van der Waals surface area (Å²) in [6, 6.07) is 5.80. The molecule has 0 spiro atoms. The van der Waals surface area contributed by atoms with Crippen molar-refractivity contribution in [1.29, 1.82) is 0 Å². The zero-order chi connectivity index (χ0) is 11.5. The summed E-state index contributed by atoms with van der Waals surface area (Å²) < 4.78 is 18.5. The Kier molecular flexibility index (Phi) is 3.34. The van der Waals surface area contributed by atoms with Crippen LogP contribution < -0.4 is 0 Å². The molecule has 0 heterocycles. The highest BCUT2D eigenvalue weighted by molar-refractivity contribution is 5.99. The van der Waals surface area contributed by atoms with Crippen molar-refractivity contribution < 1.29 is 13.9 Å². The molecular weight excluding hydrogens is 207 g/mol. The van der Waals surface area contributed by atoms with E-state index in [1.807, 2.05) is 6.92 Å². The molecule has 3 heteroatoms. The van der Waals surface area contributed by atoms with E-state index in [1.54, 1.807) is 12.1 Å². The standard InChI is InChI=1S/C13H15FO2/c1-2-16-13(9-6-7-9)12(15)10-4-3-5-11(14)8-10/h3-5,8-9,13H,2,6-7H2,1H3. The first-order chi connectivity index (χ1) is 7.72. The lowest BCUT2D eigenvalue weighted by molar-refractivity contribution is 0.0374. The molecule has 0 N–H and O–H groups in total. The first-order valence-corrected chi connectivity index (χ1v) is 5.63. The molecule has 1 aromatic carbocycles. The van der Waals surface area contributed by atoms with Gasteiger partial charge in [0.2, 0.25) is 0 Å². The van der Waals surface area contributed by atoms with Gasteiger partial charge in [0.05, 0.1) is 0 Å². The molecule has 1 aromatic rings. The van der Waals surface area contributed by atoms with Gasteiger partial charge in [0.25, 0.3) is 0 Å². The molecule has 1 fully saturated rings. The summed E-state index contributed by atoms with van der Waals surface area (Å²) in [6.45, 7) is 2.39. The monoisotopic (exact) mass is 222 g/mol. The van der Waals surface area contributed by atoms with Crippen LogP contribution in [-0.4, -0.2) is 18.5 Å². The van der Waals surface area contributed by atoms with Gasteiger partial charge in [-0.05, 0) is 37.8 Å². The maximum absolute atomic E-state index is 13.0. The molecule has 2 nitrogen and oxygen atoms in total. The van der Waals surface area contributed by atoms with Crippen LogP contribution in [-0.2, 0) is 4.74 Å². The Labute approximate surface area is 94.4 Å². The van der Waals surface area contributed by atoms with Crippen molar-refractivity contribution in [3.63, 3.8) is 0 Å². The SMILES string of the molecule is CCOC(C(=O)c1cccc(F)c1)C1CC1. The highest BCUT2D eigenvalue weighted by Gasteiger charge is 2.37. The maximum Gasteiger partial charge on any atom is 0.191 e. The average molecular weight is 222 g/mol. The van der Waals surface area contributed by atoms with Crippen LogP contribution in [0.15, 0.2) is 24.3 Å². The number of benzene rings is 1. The minimum atomic E-state index is -0.383. The van der Waals surface area contributed by atoms with Crippen molar-refractivity contribution in [1.82, 2.24) is 0 Å². The van der Waals surface area contributed by atoms with Gasteiger partial charge in [-0.25, -0.2) is 4.39 Å². The highest BCUT2D eigenvalue weighted by atomic mass is 19.1. The largest absolute Gasteiger partial charge is 0.370 e. The van der Waals surface area contributed by atoms with Crippen molar-refractivity contribution in [2.75, 3.05) is 6.61 Å². The number of halogens is 1. The number of rotatable bonds is 5. The van der Waals surface area contributed by atoms with Gasteiger partial charge in [-0.2, -0.15) is 0 Å². The van der Waals surface area contributed by atoms with Crippen LogP contribution in [0.2, 0.25) is 0 Å². The summed E-state index contributed by atoms with van der Waals surface area (Å²) in [4.78, 5) is 12.1. The summed E-state index contributed by atoms with van der Waals surface area (Å²) in [7, 11) is 0. The van der Waals surface area contributed by atoms with Crippen LogP contribution in [0.4, 0.5) is 4.39 Å². The minimum absolute atomic E-state index is 0.0937. The minimum Gasteiger partial charge on any atom is -0.370 e. The second-order valence-corrected chi connectivity index (χ2v) is 4.09. The van der Waals surface area contributed by atoms with Gasteiger partial charge in [0.1, 0.15) is 11.9 Å². The van der Waals surface area contributed by atoms with Gasteiger partial charge in [0, 0.05) is 12.2 Å². The van der Waals surface area contributed by atoms with E-state index in [0.717, 1.165) is 12.8 Å². The summed E-state index contributed by atoms with van der Waals surface area (Å²) in [5.74, 6) is -0.142. The second-order valence-electron chi connectivity index (χ2n) is 4.09. The third kappa shape index (κ3) is 2.47. The Hall–Kier alpha value is -1.22. The van der Waals surface area contributed by atoms with Crippen molar-refractivity contribution in [2.24, 2.45) is 5.92 Å². The lowest BCUT2D eigenvalue weighted by Gasteiger charge is -2.14. The predicted molar refractivity (Wildman–Crippen MR) is 58.9 cm³/mol. The van der Waals surface area contributed by atoms with Crippen molar-refractivity contribution in [2.45, 2.75) is 25.9 Å². The van der Waals surface area contributed by atoms with Crippen molar-refractivity contribution in [3.05, 3.63) is 35.6 Å². The fourth-order valence-corrected chi connectivity index (χ4v) is 1.81. The van der Waals surface area contributed by atoms with Gasteiger partial charge in [-0.3, -0.25) is 4.79 Å². The Morgan fingerprint density at radius 2 is 2.31 bits per heavy atom.